The van der Waals surface area contributed by atoms with Crippen LogP contribution in [0.3, 0.4) is 0 Å². The first-order valence-electron chi connectivity index (χ1n) is 12.8. The van der Waals surface area contributed by atoms with Crippen molar-refractivity contribution in [3.8, 4) is 5.75 Å². The Morgan fingerprint density at radius 3 is 2.48 bits per heavy atom. The number of para-hydroxylation sites is 1. The summed E-state index contributed by atoms with van der Waals surface area (Å²) in [6.45, 7) is 1.66. The van der Waals surface area contributed by atoms with Crippen LogP contribution in [0.5, 0.6) is 5.75 Å². The molecule has 40 heavy (non-hydrogen) atoms. The fourth-order valence-corrected chi connectivity index (χ4v) is 7.41. The maximum atomic E-state index is 14.2. The van der Waals surface area contributed by atoms with E-state index in [9.17, 15) is 33.5 Å². The van der Waals surface area contributed by atoms with Crippen molar-refractivity contribution >= 4 is 47.0 Å². The summed E-state index contributed by atoms with van der Waals surface area (Å²) in [6, 6.07) is 10.0. The molecular weight excluding hydrogens is 543 g/mol. The molecule has 2 heterocycles. The number of likely N-dealkylation sites (tertiary alicyclic amines) is 1. The standard InChI is InChI=1S/C29H24ClFN2O7/c1-29-18(25(36)32(27(29)38)13-7-10-20(31)19(30)11-13)12-17-14(23(29)15-5-3-4-6-21(15)34)8-9-16-22(17)26(37)33(24(16)35)28(39)40-2/h3-8,10-11,16-18,22-23,34H,9,12H2,1-2H3. The average Bonchev–Trinajstić information content (AvgIpc) is 3.30. The van der Waals surface area contributed by atoms with Crippen LogP contribution in [0, 0.1) is 34.9 Å². The first-order chi connectivity index (χ1) is 19.0. The van der Waals surface area contributed by atoms with E-state index in [1.165, 1.54) is 18.2 Å². The first-order valence-corrected chi connectivity index (χ1v) is 13.2. The second-order valence-electron chi connectivity index (χ2n) is 10.8. The van der Waals surface area contributed by atoms with Gasteiger partial charge in [0.15, 0.2) is 0 Å². The van der Waals surface area contributed by atoms with E-state index in [0.717, 1.165) is 18.1 Å². The molecule has 0 bridgehead atoms. The number of anilines is 1. The van der Waals surface area contributed by atoms with Crippen LogP contribution >= 0.6 is 11.6 Å². The molecule has 2 aromatic carbocycles. The predicted octanol–water partition coefficient (Wildman–Crippen LogP) is 4.18. The Kier molecular flexibility index (Phi) is 5.88. The highest BCUT2D eigenvalue weighted by Gasteiger charge is 2.68. The van der Waals surface area contributed by atoms with Crippen LogP contribution < -0.4 is 4.90 Å². The van der Waals surface area contributed by atoms with E-state index in [1.54, 1.807) is 31.2 Å². The Labute approximate surface area is 233 Å². The highest BCUT2D eigenvalue weighted by molar-refractivity contribution is 6.31. The van der Waals surface area contributed by atoms with Crippen molar-refractivity contribution in [2.24, 2.45) is 29.1 Å². The molecule has 2 saturated heterocycles. The monoisotopic (exact) mass is 566 g/mol. The molecule has 1 saturated carbocycles. The summed E-state index contributed by atoms with van der Waals surface area (Å²) in [5.41, 5.74) is -0.243. The topological polar surface area (TPSA) is 121 Å². The molecule has 9 nitrogen and oxygen atoms in total. The minimum Gasteiger partial charge on any atom is -0.508 e. The number of phenolic OH excluding ortho intramolecular Hbond substituents is 1. The maximum Gasteiger partial charge on any atom is 0.423 e. The number of allylic oxidation sites excluding steroid dienone is 2. The number of hydrogen-bond acceptors (Lipinski definition) is 7. The molecular formula is C29H24ClFN2O7. The van der Waals surface area contributed by atoms with Gasteiger partial charge in [-0.3, -0.25) is 19.2 Å². The van der Waals surface area contributed by atoms with Gasteiger partial charge in [-0.25, -0.2) is 14.1 Å². The lowest BCUT2D eigenvalue weighted by Gasteiger charge is -2.49. The quantitative estimate of drug-likeness (QED) is 0.427. The number of carbonyl (C=O) groups is 5. The summed E-state index contributed by atoms with van der Waals surface area (Å²) in [5.74, 6) is -7.50. The van der Waals surface area contributed by atoms with E-state index >= 15 is 0 Å². The molecule has 2 aromatic rings. The molecule has 0 radical (unpaired) electrons. The summed E-state index contributed by atoms with van der Waals surface area (Å²) < 4.78 is 18.6. The van der Waals surface area contributed by atoms with Gasteiger partial charge in [0.05, 0.1) is 41.0 Å². The third-order valence-electron chi connectivity index (χ3n) is 9.04. The molecule has 11 heteroatoms. The van der Waals surface area contributed by atoms with Crippen LogP contribution in [0.1, 0.15) is 31.2 Å². The number of fused-ring (bicyclic) bond motifs is 4. The summed E-state index contributed by atoms with van der Waals surface area (Å²) >= 11 is 5.98. The fraction of sp³-hybridized carbons (Fsp3) is 0.345. The van der Waals surface area contributed by atoms with E-state index in [0.29, 0.717) is 16.0 Å². The molecule has 3 fully saturated rings. The van der Waals surface area contributed by atoms with Gasteiger partial charge in [0.2, 0.25) is 23.6 Å². The van der Waals surface area contributed by atoms with Gasteiger partial charge in [0, 0.05) is 11.5 Å². The molecule has 4 aliphatic rings. The molecule has 6 rings (SSSR count). The molecule has 206 valence electrons. The molecule has 1 N–H and O–H groups in total. The van der Waals surface area contributed by atoms with E-state index in [4.69, 9.17) is 11.6 Å². The van der Waals surface area contributed by atoms with Gasteiger partial charge in [-0.05, 0) is 49.9 Å². The Morgan fingerprint density at radius 2 is 1.80 bits per heavy atom. The Morgan fingerprint density at radius 1 is 1.07 bits per heavy atom. The summed E-state index contributed by atoms with van der Waals surface area (Å²) in [5, 5.41) is 10.7. The minimum atomic E-state index is -1.39. The number of halogens is 2. The van der Waals surface area contributed by atoms with E-state index in [-0.39, 0.29) is 29.3 Å². The molecule has 5 amide bonds. The van der Waals surface area contributed by atoms with Crippen molar-refractivity contribution in [3.05, 3.63) is 70.5 Å². The van der Waals surface area contributed by atoms with Crippen molar-refractivity contribution in [1.82, 2.24) is 4.90 Å². The minimum absolute atomic E-state index is 0.0532. The van der Waals surface area contributed by atoms with Crippen molar-refractivity contribution in [3.63, 3.8) is 0 Å². The number of hydrogen-bond donors (Lipinski definition) is 1. The number of benzene rings is 2. The van der Waals surface area contributed by atoms with Crippen LogP contribution in [0.4, 0.5) is 14.9 Å². The third kappa shape index (κ3) is 3.35. The predicted molar refractivity (Wildman–Crippen MR) is 138 cm³/mol. The summed E-state index contributed by atoms with van der Waals surface area (Å²) in [6.07, 6.45) is 0.914. The number of imide groups is 4. The van der Waals surface area contributed by atoms with Gasteiger partial charge >= 0.3 is 6.09 Å². The largest absolute Gasteiger partial charge is 0.508 e. The zero-order valence-electron chi connectivity index (χ0n) is 21.5. The van der Waals surface area contributed by atoms with Crippen LogP contribution in [0.25, 0.3) is 0 Å². The zero-order chi connectivity index (χ0) is 28.7. The van der Waals surface area contributed by atoms with Gasteiger partial charge < -0.3 is 9.84 Å². The van der Waals surface area contributed by atoms with Gasteiger partial charge in [-0.1, -0.05) is 41.4 Å². The summed E-state index contributed by atoms with van der Waals surface area (Å²) in [4.78, 5) is 68.6. The number of ether oxygens (including phenoxy) is 1. The van der Waals surface area contributed by atoms with Gasteiger partial charge in [-0.2, -0.15) is 4.90 Å². The van der Waals surface area contributed by atoms with E-state index < -0.39 is 70.5 Å². The number of aromatic hydroxyl groups is 1. The molecule has 6 atom stereocenters. The van der Waals surface area contributed by atoms with Crippen LogP contribution in [0.15, 0.2) is 54.1 Å². The third-order valence-corrected chi connectivity index (χ3v) is 9.33. The zero-order valence-corrected chi connectivity index (χ0v) is 22.2. The van der Waals surface area contributed by atoms with E-state index in [2.05, 4.69) is 4.74 Å². The highest BCUT2D eigenvalue weighted by Crippen LogP contribution is 2.64. The van der Waals surface area contributed by atoms with Crippen molar-refractivity contribution in [1.29, 1.82) is 0 Å². The van der Waals surface area contributed by atoms with Crippen LogP contribution in [0.2, 0.25) is 5.02 Å². The second kappa shape index (κ2) is 8.99. The van der Waals surface area contributed by atoms with E-state index in [1.807, 2.05) is 0 Å². The molecule has 0 aromatic heterocycles. The summed E-state index contributed by atoms with van der Waals surface area (Å²) in [7, 11) is 1.08. The Balaban J connectivity index is 1.52. The number of rotatable bonds is 2. The number of nitrogens with zero attached hydrogens (tertiary/aromatic N) is 2. The van der Waals surface area contributed by atoms with Gasteiger partial charge in [-0.15, -0.1) is 0 Å². The molecule has 2 aliphatic heterocycles. The number of amides is 5. The smallest absolute Gasteiger partial charge is 0.423 e. The van der Waals surface area contributed by atoms with Gasteiger partial charge in [0.25, 0.3) is 0 Å². The number of carbonyl (C=O) groups excluding carboxylic acids is 5. The Bertz CT molecular complexity index is 1560. The average molecular weight is 567 g/mol. The molecule has 6 unspecified atom stereocenters. The molecule has 2 aliphatic carbocycles. The lowest BCUT2D eigenvalue weighted by Crippen LogP contribution is -2.49. The van der Waals surface area contributed by atoms with Crippen molar-refractivity contribution in [2.45, 2.75) is 25.7 Å². The number of methoxy groups -OCH3 is 1. The van der Waals surface area contributed by atoms with Crippen molar-refractivity contribution in [2.75, 3.05) is 12.0 Å². The highest BCUT2D eigenvalue weighted by atomic mass is 35.5. The first kappa shape index (κ1) is 26.2. The fourth-order valence-electron chi connectivity index (χ4n) is 7.23. The van der Waals surface area contributed by atoms with Gasteiger partial charge in [0.1, 0.15) is 11.6 Å². The normalized spacial score (nSPS) is 31.1. The lowest BCUT2D eigenvalue weighted by molar-refractivity contribution is -0.138. The van der Waals surface area contributed by atoms with Crippen molar-refractivity contribution < 1.29 is 38.2 Å². The SMILES string of the molecule is COC(=O)N1C(=O)C2CC=C3C(CC4C(=O)N(c5ccc(F)c(Cl)c5)C(=O)C4(C)C3c3ccccc3O)C2C1=O. The Hall–Kier alpha value is -4.05. The van der Waals surface area contributed by atoms with Crippen LogP contribution in [-0.4, -0.2) is 46.8 Å². The number of phenols is 1. The second-order valence-corrected chi connectivity index (χ2v) is 11.2. The van der Waals surface area contributed by atoms with Crippen LogP contribution in [-0.2, 0) is 23.9 Å². The lowest BCUT2D eigenvalue weighted by atomic mass is 9.51. The molecule has 0 spiro atoms. The maximum absolute atomic E-state index is 14.2.